The Kier molecular flexibility index (Phi) is 9.22. The van der Waals surface area contributed by atoms with E-state index in [0.717, 1.165) is 25.7 Å². The number of hydrogen-bond acceptors (Lipinski definition) is 6. The average Bonchev–Trinajstić information content (AvgIpc) is 2.84. The van der Waals surface area contributed by atoms with E-state index >= 15 is 0 Å². The minimum Gasteiger partial charge on any atom is -0.487 e. The van der Waals surface area contributed by atoms with Gasteiger partial charge in [0.1, 0.15) is 22.9 Å². The van der Waals surface area contributed by atoms with Crippen molar-refractivity contribution in [3.63, 3.8) is 0 Å². The first-order chi connectivity index (χ1) is 16.5. The number of likely N-dealkylation sites (N-methyl/N-ethyl adjacent to an activating group) is 1. The van der Waals surface area contributed by atoms with Gasteiger partial charge in [-0.2, -0.15) is 4.31 Å². The highest BCUT2D eigenvalue weighted by molar-refractivity contribution is 7.89. The van der Waals surface area contributed by atoms with Crippen molar-refractivity contribution >= 4 is 15.9 Å². The quantitative estimate of drug-likeness (QED) is 0.593. The molecule has 0 aromatic heterocycles. The van der Waals surface area contributed by atoms with Crippen LogP contribution in [-0.2, 0) is 14.8 Å². The minimum atomic E-state index is -3.95. The van der Waals surface area contributed by atoms with Crippen molar-refractivity contribution in [2.75, 3.05) is 26.7 Å². The van der Waals surface area contributed by atoms with E-state index in [2.05, 4.69) is 11.8 Å². The largest absolute Gasteiger partial charge is 0.487 e. The van der Waals surface area contributed by atoms with Gasteiger partial charge in [-0.05, 0) is 44.9 Å². The topological polar surface area (TPSA) is 107 Å². The zero-order valence-electron chi connectivity index (χ0n) is 21.1. The van der Waals surface area contributed by atoms with Gasteiger partial charge in [0, 0.05) is 37.0 Å². The summed E-state index contributed by atoms with van der Waals surface area (Å²) in [6, 6.07) is 3.98. The molecule has 1 aromatic carbocycles. The monoisotopic (exact) mass is 506 g/mol. The van der Waals surface area contributed by atoms with Crippen molar-refractivity contribution in [2.45, 2.75) is 76.0 Å². The van der Waals surface area contributed by atoms with E-state index in [1.807, 2.05) is 6.92 Å². The number of hydrogen-bond donors (Lipinski definition) is 2. The molecule has 1 aromatic rings. The Bertz CT molecular complexity index is 1060. The highest BCUT2D eigenvalue weighted by Gasteiger charge is 2.38. The van der Waals surface area contributed by atoms with E-state index in [1.165, 1.54) is 16.8 Å². The molecule has 0 bridgehead atoms. The van der Waals surface area contributed by atoms with Gasteiger partial charge in [-0.3, -0.25) is 4.79 Å². The molecule has 1 saturated carbocycles. The van der Waals surface area contributed by atoms with Gasteiger partial charge in [0.15, 0.2) is 0 Å². The van der Waals surface area contributed by atoms with Gasteiger partial charge in [-0.25, -0.2) is 8.42 Å². The van der Waals surface area contributed by atoms with Gasteiger partial charge in [0.05, 0.1) is 13.2 Å². The highest BCUT2D eigenvalue weighted by atomic mass is 32.2. The fourth-order valence-electron chi connectivity index (χ4n) is 4.73. The number of aliphatic hydroxyl groups excluding tert-OH is 2. The summed E-state index contributed by atoms with van der Waals surface area (Å²) in [6.07, 6.45) is 3.81. The summed E-state index contributed by atoms with van der Waals surface area (Å²) in [7, 11) is -2.17. The molecular weight excluding hydrogens is 468 g/mol. The Morgan fingerprint density at radius 2 is 1.94 bits per heavy atom. The molecule has 35 heavy (non-hydrogen) atoms. The van der Waals surface area contributed by atoms with Crippen LogP contribution in [-0.4, -0.2) is 78.7 Å². The maximum Gasteiger partial charge on any atom is 0.247 e. The molecule has 1 amide bonds. The number of amides is 1. The second-order valence-corrected chi connectivity index (χ2v) is 11.8. The lowest BCUT2D eigenvalue weighted by molar-refractivity contribution is -0.136. The van der Waals surface area contributed by atoms with Crippen LogP contribution in [0.15, 0.2) is 23.1 Å². The number of sulfonamides is 1. The molecule has 8 nitrogen and oxygen atoms in total. The number of carbonyl (C=O) groups excluding carboxylic acids is 1. The third kappa shape index (κ3) is 6.56. The average molecular weight is 507 g/mol. The molecular formula is C26H38N2O6S. The van der Waals surface area contributed by atoms with Crippen molar-refractivity contribution in [3.05, 3.63) is 23.8 Å². The third-order valence-electron chi connectivity index (χ3n) is 6.88. The molecule has 1 fully saturated rings. The predicted molar refractivity (Wildman–Crippen MR) is 133 cm³/mol. The van der Waals surface area contributed by atoms with Gasteiger partial charge in [0.25, 0.3) is 0 Å². The highest BCUT2D eigenvalue weighted by Crippen LogP contribution is 2.34. The zero-order chi connectivity index (χ0) is 25.8. The van der Waals surface area contributed by atoms with Crippen LogP contribution in [0.2, 0.25) is 0 Å². The molecule has 2 N–H and O–H groups in total. The summed E-state index contributed by atoms with van der Waals surface area (Å²) in [5.74, 6) is 5.54. The molecule has 1 heterocycles. The SMILES string of the molecule is C[C@H](O)C#Cc1ccc2c(c1)O[C@H](CN(C)C(=O)C1CCCCC1)[C@@H](C)CN([C@@H](C)CO)S2(=O)=O. The Balaban J connectivity index is 1.97. The summed E-state index contributed by atoms with van der Waals surface area (Å²) < 4.78 is 34.7. The summed E-state index contributed by atoms with van der Waals surface area (Å²) in [6.45, 7) is 5.28. The van der Waals surface area contributed by atoms with Crippen LogP contribution >= 0.6 is 0 Å². The molecule has 0 unspecified atom stereocenters. The lowest BCUT2D eigenvalue weighted by Gasteiger charge is -2.38. The van der Waals surface area contributed by atoms with E-state index in [9.17, 15) is 23.4 Å². The molecule has 9 heteroatoms. The third-order valence-corrected chi connectivity index (χ3v) is 8.90. The Labute approximate surface area is 209 Å². The molecule has 1 aliphatic heterocycles. The maximum absolute atomic E-state index is 13.5. The Hall–Kier alpha value is -2.12. The number of nitrogens with zero attached hydrogens (tertiary/aromatic N) is 2. The van der Waals surface area contributed by atoms with Crippen molar-refractivity contribution in [3.8, 4) is 17.6 Å². The first-order valence-corrected chi connectivity index (χ1v) is 13.9. The lowest BCUT2D eigenvalue weighted by Crippen LogP contribution is -2.50. The van der Waals surface area contributed by atoms with Crippen LogP contribution in [0.4, 0.5) is 0 Å². The molecule has 0 radical (unpaired) electrons. The van der Waals surface area contributed by atoms with Crippen LogP contribution in [0.1, 0.15) is 58.4 Å². The van der Waals surface area contributed by atoms with Crippen molar-refractivity contribution in [2.24, 2.45) is 11.8 Å². The second-order valence-electron chi connectivity index (χ2n) is 9.90. The van der Waals surface area contributed by atoms with Crippen LogP contribution in [0, 0.1) is 23.7 Å². The molecule has 0 spiro atoms. The van der Waals surface area contributed by atoms with E-state index < -0.39 is 28.3 Å². The van der Waals surface area contributed by atoms with Crippen molar-refractivity contribution < 1.29 is 28.2 Å². The minimum absolute atomic E-state index is 0.00134. The first kappa shape index (κ1) is 27.5. The predicted octanol–water partition coefficient (Wildman–Crippen LogP) is 2.23. The smallest absolute Gasteiger partial charge is 0.247 e. The van der Waals surface area contributed by atoms with Crippen molar-refractivity contribution in [1.29, 1.82) is 0 Å². The van der Waals surface area contributed by atoms with Gasteiger partial charge in [0.2, 0.25) is 15.9 Å². The summed E-state index contributed by atoms with van der Waals surface area (Å²) in [4.78, 5) is 14.8. The lowest BCUT2D eigenvalue weighted by atomic mass is 9.88. The van der Waals surface area contributed by atoms with Crippen molar-refractivity contribution in [1.82, 2.24) is 9.21 Å². The summed E-state index contributed by atoms with van der Waals surface area (Å²) in [5.41, 5.74) is 0.514. The number of ether oxygens (including phenoxy) is 1. The fraction of sp³-hybridized carbons (Fsp3) is 0.654. The van der Waals surface area contributed by atoms with E-state index in [-0.39, 0.29) is 41.5 Å². The van der Waals surface area contributed by atoms with Gasteiger partial charge in [-0.1, -0.05) is 38.0 Å². The van der Waals surface area contributed by atoms with Crippen LogP contribution in [0.5, 0.6) is 5.75 Å². The first-order valence-electron chi connectivity index (χ1n) is 12.4. The van der Waals surface area contributed by atoms with Gasteiger partial charge < -0.3 is 19.8 Å². The molecule has 2 aliphatic rings. The van der Waals surface area contributed by atoms with Crippen LogP contribution in [0.25, 0.3) is 0 Å². The van der Waals surface area contributed by atoms with E-state index in [0.29, 0.717) is 12.1 Å². The Morgan fingerprint density at radius 1 is 1.26 bits per heavy atom. The van der Waals surface area contributed by atoms with E-state index in [4.69, 9.17) is 4.74 Å². The second kappa shape index (κ2) is 11.7. The number of carbonyl (C=O) groups is 1. The van der Waals surface area contributed by atoms with Crippen LogP contribution < -0.4 is 4.74 Å². The number of benzene rings is 1. The summed E-state index contributed by atoms with van der Waals surface area (Å²) in [5, 5.41) is 19.3. The summed E-state index contributed by atoms with van der Waals surface area (Å²) >= 11 is 0. The molecule has 4 atom stereocenters. The fourth-order valence-corrected chi connectivity index (χ4v) is 6.56. The zero-order valence-corrected chi connectivity index (χ0v) is 21.9. The van der Waals surface area contributed by atoms with Gasteiger partial charge >= 0.3 is 0 Å². The number of rotatable bonds is 5. The molecule has 3 rings (SSSR count). The maximum atomic E-state index is 13.5. The molecule has 1 aliphatic carbocycles. The standard InChI is InChI=1S/C26H38N2O6S/c1-18-15-28(19(2)17-29)35(32,33)25-13-12-21(11-10-20(3)30)14-23(25)34-24(18)16-27(4)26(31)22-8-6-5-7-9-22/h12-14,18-20,22,24,29-30H,5-9,15-17H2,1-4H3/t18-,19-,20-,24+/m0/s1. The number of fused-ring (bicyclic) bond motifs is 1. The molecule has 194 valence electrons. The van der Waals surface area contributed by atoms with E-state index in [1.54, 1.807) is 37.9 Å². The van der Waals surface area contributed by atoms with Gasteiger partial charge in [-0.15, -0.1) is 0 Å². The normalized spacial score (nSPS) is 24.5. The Morgan fingerprint density at radius 3 is 2.57 bits per heavy atom. The molecule has 0 saturated heterocycles. The van der Waals surface area contributed by atoms with Crippen LogP contribution in [0.3, 0.4) is 0 Å². The number of aliphatic hydroxyl groups is 2.